The molecule has 5 heteroatoms. The van der Waals surface area contributed by atoms with E-state index < -0.39 is 5.97 Å². The minimum atomic E-state index is -1.00. The molecule has 1 N–H and O–H groups in total. The fourth-order valence-electron chi connectivity index (χ4n) is 2.05. The largest absolute Gasteiger partial charge is 0.477 e. The average molecular weight is 273 g/mol. The standard InChI is InChI=1S/C14H9ClN2O2/c15-11-6-2-1-5-10(11)13-16-8-9-4-3-7-12(14(18)19)17(9)13/h1-8H,(H,18,19). The number of carboxylic acids is 1. The molecule has 2 aromatic heterocycles. The van der Waals surface area contributed by atoms with E-state index in [0.29, 0.717) is 16.4 Å². The molecule has 0 saturated heterocycles. The third-order valence-corrected chi connectivity index (χ3v) is 3.21. The number of fused-ring (bicyclic) bond motifs is 1. The zero-order chi connectivity index (χ0) is 13.4. The summed E-state index contributed by atoms with van der Waals surface area (Å²) in [6.45, 7) is 0. The van der Waals surface area contributed by atoms with Crippen LogP contribution in [0.3, 0.4) is 0 Å². The fraction of sp³-hybridized carbons (Fsp3) is 0. The van der Waals surface area contributed by atoms with Gasteiger partial charge in [0.1, 0.15) is 11.5 Å². The van der Waals surface area contributed by atoms with E-state index in [0.717, 1.165) is 5.52 Å². The van der Waals surface area contributed by atoms with E-state index in [1.54, 1.807) is 28.8 Å². The summed E-state index contributed by atoms with van der Waals surface area (Å²) in [6, 6.07) is 12.3. The average Bonchev–Trinajstić information content (AvgIpc) is 2.82. The first-order valence-corrected chi connectivity index (χ1v) is 6.01. The summed E-state index contributed by atoms with van der Waals surface area (Å²) in [4.78, 5) is 15.6. The quantitative estimate of drug-likeness (QED) is 0.778. The van der Waals surface area contributed by atoms with Gasteiger partial charge in [0.25, 0.3) is 0 Å². The van der Waals surface area contributed by atoms with Crippen molar-refractivity contribution in [3.63, 3.8) is 0 Å². The Morgan fingerprint density at radius 2 is 1.95 bits per heavy atom. The van der Waals surface area contributed by atoms with Crippen molar-refractivity contribution in [1.82, 2.24) is 9.38 Å². The molecule has 19 heavy (non-hydrogen) atoms. The van der Waals surface area contributed by atoms with Gasteiger partial charge in [0.05, 0.1) is 16.7 Å². The normalized spacial score (nSPS) is 10.8. The predicted molar refractivity (Wildman–Crippen MR) is 72.6 cm³/mol. The highest BCUT2D eigenvalue weighted by atomic mass is 35.5. The van der Waals surface area contributed by atoms with Crippen LogP contribution >= 0.6 is 11.6 Å². The van der Waals surface area contributed by atoms with Crippen LogP contribution in [0.5, 0.6) is 0 Å². The number of nitrogens with zero attached hydrogens (tertiary/aromatic N) is 2. The Morgan fingerprint density at radius 1 is 1.16 bits per heavy atom. The predicted octanol–water partition coefficient (Wildman–Crippen LogP) is 3.35. The Balaban J connectivity index is 2.37. The zero-order valence-electron chi connectivity index (χ0n) is 9.75. The van der Waals surface area contributed by atoms with E-state index in [1.807, 2.05) is 18.2 Å². The summed E-state index contributed by atoms with van der Waals surface area (Å²) in [5, 5.41) is 9.80. The molecular formula is C14H9ClN2O2. The lowest BCUT2D eigenvalue weighted by Gasteiger charge is -2.06. The molecule has 3 rings (SSSR count). The molecule has 0 amide bonds. The van der Waals surface area contributed by atoms with Crippen molar-refractivity contribution in [1.29, 1.82) is 0 Å². The van der Waals surface area contributed by atoms with E-state index in [1.165, 1.54) is 6.07 Å². The second kappa shape index (κ2) is 4.40. The second-order valence-electron chi connectivity index (χ2n) is 4.04. The van der Waals surface area contributed by atoms with Crippen LogP contribution in [-0.4, -0.2) is 20.5 Å². The van der Waals surface area contributed by atoms with Crippen LogP contribution in [0.2, 0.25) is 5.02 Å². The lowest BCUT2D eigenvalue weighted by atomic mass is 10.2. The maximum Gasteiger partial charge on any atom is 0.352 e. The van der Waals surface area contributed by atoms with E-state index in [2.05, 4.69) is 4.98 Å². The van der Waals surface area contributed by atoms with Crippen LogP contribution in [0.1, 0.15) is 10.5 Å². The number of rotatable bonds is 2. The Kier molecular flexibility index (Phi) is 2.72. The number of carbonyl (C=O) groups is 1. The molecule has 0 unspecified atom stereocenters. The van der Waals surface area contributed by atoms with E-state index in [9.17, 15) is 9.90 Å². The summed E-state index contributed by atoms with van der Waals surface area (Å²) in [7, 11) is 0. The van der Waals surface area contributed by atoms with Gasteiger partial charge >= 0.3 is 5.97 Å². The Bertz CT molecular complexity index is 780. The summed E-state index contributed by atoms with van der Waals surface area (Å²) < 4.78 is 1.59. The van der Waals surface area contributed by atoms with Gasteiger partial charge in [-0.2, -0.15) is 0 Å². The topological polar surface area (TPSA) is 54.6 Å². The number of pyridine rings is 1. The highest BCUT2D eigenvalue weighted by Crippen LogP contribution is 2.28. The molecule has 0 radical (unpaired) electrons. The molecular weight excluding hydrogens is 264 g/mol. The molecule has 0 bridgehead atoms. The Hall–Kier alpha value is -2.33. The molecule has 2 heterocycles. The van der Waals surface area contributed by atoms with Crippen LogP contribution in [0.25, 0.3) is 16.9 Å². The first kappa shape index (κ1) is 11.7. The molecule has 3 aromatic rings. The molecule has 4 nitrogen and oxygen atoms in total. The van der Waals surface area contributed by atoms with Crippen LogP contribution in [-0.2, 0) is 0 Å². The van der Waals surface area contributed by atoms with Crippen molar-refractivity contribution in [2.24, 2.45) is 0 Å². The molecule has 0 atom stereocenters. The van der Waals surface area contributed by atoms with Gasteiger partial charge in [0, 0.05) is 5.56 Å². The molecule has 0 aliphatic heterocycles. The number of halogens is 1. The number of aromatic nitrogens is 2. The van der Waals surface area contributed by atoms with E-state index in [4.69, 9.17) is 11.6 Å². The van der Waals surface area contributed by atoms with Gasteiger partial charge in [-0.1, -0.05) is 29.8 Å². The van der Waals surface area contributed by atoms with Gasteiger partial charge in [-0.25, -0.2) is 9.78 Å². The van der Waals surface area contributed by atoms with Gasteiger partial charge in [-0.3, -0.25) is 4.40 Å². The van der Waals surface area contributed by atoms with Gasteiger partial charge in [0.15, 0.2) is 0 Å². The number of hydrogen-bond acceptors (Lipinski definition) is 2. The first-order chi connectivity index (χ1) is 9.18. The van der Waals surface area contributed by atoms with Gasteiger partial charge in [-0.15, -0.1) is 0 Å². The minimum Gasteiger partial charge on any atom is -0.477 e. The summed E-state index contributed by atoms with van der Waals surface area (Å²) >= 11 is 6.15. The summed E-state index contributed by atoms with van der Waals surface area (Å²) in [5.41, 5.74) is 1.58. The van der Waals surface area contributed by atoms with Crippen molar-refractivity contribution >= 4 is 23.1 Å². The molecule has 0 aliphatic rings. The van der Waals surface area contributed by atoms with Crippen LogP contribution in [0.4, 0.5) is 0 Å². The third-order valence-electron chi connectivity index (χ3n) is 2.88. The van der Waals surface area contributed by atoms with Crippen molar-refractivity contribution < 1.29 is 9.90 Å². The highest BCUT2D eigenvalue weighted by molar-refractivity contribution is 6.33. The van der Waals surface area contributed by atoms with E-state index in [-0.39, 0.29) is 5.69 Å². The molecule has 94 valence electrons. The molecule has 0 fully saturated rings. The third kappa shape index (κ3) is 1.86. The number of carboxylic acid groups (broad SMARTS) is 1. The van der Waals surface area contributed by atoms with Crippen LogP contribution in [0.15, 0.2) is 48.7 Å². The SMILES string of the molecule is O=C(O)c1cccc2cnc(-c3ccccc3Cl)n12. The first-order valence-electron chi connectivity index (χ1n) is 5.63. The van der Waals surface area contributed by atoms with Crippen molar-refractivity contribution in [3.8, 4) is 11.4 Å². The van der Waals surface area contributed by atoms with Crippen molar-refractivity contribution in [3.05, 3.63) is 59.4 Å². The lowest BCUT2D eigenvalue weighted by molar-refractivity contribution is 0.0689. The summed E-state index contributed by atoms with van der Waals surface area (Å²) in [5.74, 6) is -0.476. The van der Waals surface area contributed by atoms with Gasteiger partial charge < -0.3 is 5.11 Å². The van der Waals surface area contributed by atoms with Gasteiger partial charge in [0.2, 0.25) is 0 Å². The molecule has 1 aromatic carbocycles. The van der Waals surface area contributed by atoms with Crippen molar-refractivity contribution in [2.45, 2.75) is 0 Å². The smallest absolute Gasteiger partial charge is 0.352 e. The molecule has 0 aliphatic carbocycles. The molecule has 0 spiro atoms. The number of hydrogen-bond donors (Lipinski definition) is 1. The number of aromatic carboxylic acids is 1. The Morgan fingerprint density at radius 3 is 2.68 bits per heavy atom. The maximum atomic E-state index is 11.3. The zero-order valence-corrected chi connectivity index (χ0v) is 10.5. The number of imidazole rings is 1. The van der Waals surface area contributed by atoms with E-state index >= 15 is 0 Å². The maximum absolute atomic E-state index is 11.3. The highest BCUT2D eigenvalue weighted by Gasteiger charge is 2.15. The second-order valence-corrected chi connectivity index (χ2v) is 4.45. The fourth-order valence-corrected chi connectivity index (χ4v) is 2.27. The van der Waals surface area contributed by atoms with Crippen LogP contribution in [0, 0.1) is 0 Å². The Labute approximate surface area is 113 Å². The summed E-state index contributed by atoms with van der Waals surface area (Å²) in [6.07, 6.45) is 1.63. The monoisotopic (exact) mass is 272 g/mol. The van der Waals surface area contributed by atoms with Crippen LogP contribution < -0.4 is 0 Å². The van der Waals surface area contributed by atoms with Gasteiger partial charge in [-0.05, 0) is 24.3 Å². The van der Waals surface area contributed by atoms with Crippen molar-refractivity contribution in [2.75, 3.05) is 0 Å². The number of benzene rings is 1. The lowest BCUT2D eigenvalue weighted by Crippen LogP contribution is -2.05. The molecule has 0 saturated carbocycles. The minimum absolute atomic E-state index is 0.157.